The molecule has 0 bridgehead atoms. The van der Waals surface area contributed by atoms with E-state index in [4.69, 9.17) is 5.73 Å². The third-order valence-electron chi connectivity index (χ3n) is 5.46. The van der Waals surface area contributed by atoms with Crippen LogP contribution >= 0.6 is 0 Å². The zero-order valence-electron chi connectivity index (χ0n) is 13.7. The van der Waals surface area contributed by atoms with E-state index in [2.05, 4.69) is 15.2 Å². The van der Waals surface area contributed by atoms with Gasteiger partial charge in [0, 0.05) is 23.7 Å². The zero-order valence-corrected chi connectivity index (χ0v) is 13.7. The molecule has 5 nitrogen and oxygen atoms in total. The van der Waals surface area contributed by atoms with Crippen molar-refractivity contribution in [3.8, 4) is 0 Å². The van der Waals surface area contributed by atoms with Crippen LogP contribution in [0.4, 0.5) is 4.39 Å². The van der Waals surface area contributed by atoms with Gasteiger partial charge in [0.1, 0.15) is 5.82 Å². The van der Waals surface area contributed by atoms with Gasteiger partial charge in [-0.15, -0.1) is 0 Å². The molecule has 6 heteroatoms. The molecule has 1 saturated carbocycles. The molecular weight excluding hydrogens is 319 g/mol. The average molecular weight is 338 g/mol. The maximum Gasteiger partial charge on any atom is 0.228 e. The van der Waals surface area contributed by atoms with Crippen molar-refractivity contribution in [2.75, 3.05) is 0 Å². The van der Waals surface area contributed by atoms with E-state index in [1.54, 1.807) is 30.7 Å². The third kappa shape index (κ3) is 2.40. The molecule has 2 heterocycles. The van der Waals surface area contributed by atoms with Gasteiger partial charge in [0.15, 0.2) is 0 Å². The Morgan fingerprint density at radius 3 is 2.96 bits per heavy atom. The monoisotopic (exact) mass is 338 g/mol. The fraction of sp³-hybridized carbons (Fsp3) is 0.316. The SMILES string of the molecule is NC(=O)C1(c2cccnc2)CCCCC1c1cc2cn[nH]c2cc1F. The van der Waals surface area contributed by atoms with Crippen molar-refractivity contribution in [1.82, 2.24) is 15.2 Å². The number of nitrogens with two attached hydrogens (primary N) is 1. The number of nitrogens with zero attached hydrogens (tertiary/aromatic N) is 2. The van der Waals surface area contributed by atoms with Crippen LogP contribution in [-0.2, 0) is 10.2 Å². The highest BCUT2D eigenvalue weighted by Crippen LogP contribution is 2.50. The lowest BCUT2D eigenvalue weighted by atomic mass is 9.60. The van der Waals surface area contributed by atoms with Crippen LogP contribution in [-0.4, -0.2) is 21.1 Å². The van der Waals surface area contributed by atoms with E-state index in [-0.39, 0.29) is 11.7 Å². The summed E-state index contributed by atoms with van der Waals surface area (Å²) in [5.74, 6) is -1.07. The van der Waals surface area contributed by atoms with Crippen LogP contribution in [0.2, 0.25) is 0 Å². The maximum atomic E-state index is 14.9. The van der Waals surface area contributed by atoms with Crippen LogP contribution in [0.15, 0.2) is 42.9 Å². The van der Waals surface area contributed by atoms with E-state index in [0.717, 1.165) is 23.8 Å². The number of amides is 1. The van der Waals surface area contributed by atoms with Crippen LogP contribution in [0.3, 0.4) is 0 Å². The van der Waals surface area contributed by atoms with Gasteiger partial charge >= 0.3 is 0 Å². The quantitative estimate of drug-likeness (QED) is 0.769. The van der Waals surface area contributed by atoms with Gasteiger partial charge in [-0.3, -0.25) is 14.9 Å². The fourth-order valence-electron chi connectivity index (χ4n) is 4.25. The molecule has 2 atom stereocenters. The molecular formula is C19H19FN4O. The lowest BCUT2D eigenvalue weighted by molar-refractivity contribution is -0.125. The molecule has 4 rings (SSSR count). The summed E-state index contributed by atoms with van der Waals surface area (Å²) in [5, 5.41) is 7.56. The Hall–Kier alpha value is -2.76. The van der Waals surface area contributed by atoms with Crippen molar-refractivity contribution in [2.45, 2.75) is 37.0 Å². The molecule has 25 heavy (non-hydrogen) atoms. The number of carbonyl (C=O) groups excluding carboxylic acids is 1. The number of aromatic amines is 1. The van der Waals surface area contributed by atoms with Crippen LogP contribution < -0.4 is 5.73 Å². The van der Waals surface area contributed by atoms with Crippen molar-refractivity contribution >= 4 is 16.8 Å². The largest absolute Gasteiger partial charge is 0.369 e. The van der Waals surface area contributed by atoms with Crippen LogP contribution in [0.1, 0.15) is 42.7 Å². The molecule has 0 aliphatic heterocycles. The van der Waals surface area contributed by atoms with Gasteiger partial charge in [0.25, 0.3) is 0 Å². The number of pyridine rings is 1. The van der Waals surface area contributed by atoms with Crippen LogP contribution in [0.25, 0.3) is 10.9 Å². The summed E-state index contributed by atoms with van der Waals surface area (Å²) in [5.41, 5.74) is 6.89. The highest BCUT2D eigenvalue weighted by atomic mass is 19.1. The first-order valence-electron chi connectivity index (χ1n) is 8.46. The summed E-state index contributed by atoms with van der Waals surface area (Å²) >= 11 is 0. The summed E-state index contributed by atoms with van der Waals surface area (Å²) < 4.78 is 14.9. The second kappa shape index (κ2) is 5.95. The molecule has 2 unspecified atom stereocenters. The highest BCUT2D eigenvalue weighted by molar-refractivity contribution is 5.89. The predicted octanol–water partition coefficient (Wildman–Crippen LogP) is 3.18. The standard InChI is InChI=1S/C19H19FN4O/c20-16-9-17-12(10-23-24-17)8-14(16)15-5-1-2-6-19(15,18(21)25)13-4-3-7-22-11-13/h3-4,7-11,15H,1-2,5-6H2,(H2,21,25)(H,23,24). The second-order valence-corrected chi connectivity index (χ2v) is 6.71. The number of nitrogens with one attached hydrogen (secondary N) is 1. The van der Waals surface area contributed by atoms with Gasteiger partial charge in [0.2, 0.25) is 5.91 Å². The van der Waals surface area contributed by atoms with E-state index < -0.39 is 11.3 Å². The normalized spacial score (nSPS) is 23.6. The van der Waals surface area contributed by atoms with Crippen molar-refractivity contribution in [1.29, 1.82) is 0 Å². The number of rotatable bonds is 3. The number of fused-ring (bicyclic) bond motifs is 1. The zero-order chi connectivity index (χ0) is 17.4. The van der Waals surface area contributed by atoms with Crippen molar-refractivity contribution in [2.24, 2.45) is 5.73 Å². The predicted molar refractivity (Wildman–Crippen MR) is 92.4 cm³/mol. The molecule has 128 valence electrons. The minimum atomic E-state index is -0.940. The number of primary amides is 1. The minimum Gasteiger partial charge on any atom is -0.369 e. The van der Waals surface area contributed by atoms with Gasteiger partial charge in [-0.2, -0.15) is 5.10 Å². The summed E-state index contributed by atoms with van der Waals surface area (Å²) in [6.45, 7) is 0. The van der Waals surface area contributed by atoms with Crippen LogP contribution in [0.5, 0.6) is 0 Å². The minimum absolute atomic E-state index is 0.317. The number of hydrogen-bond donors (Lipinski definition) is 2. The molecule has 1 aliphatic rings. The second-order valence-electron chi connectivity index (χ2n) is 6.71. The third-order valence-corrected chi connectivity index (χ3v) is 5.46. The van der Waals surface area contributed by atoms with Crippen molar-refractivity contribution in [3.63, 3.8) is 0 Å². The Labute approximate surface area is 144 Å². The first kappa shape index (κ1) is 15.7. The number of H-pyrrole nitrogens is 1. The smallest absolute Gasteiger partial charge is 0.228 e. The Morgan fingerprint density at radius 2 is 2.20 bits per heavy atom. The molecule has 0 saturated heterocycles. The lowest BCUT2D eigenvalue weighted by Gasteiger charge is -2.42. The summed E-state index contributed by atoms with van der Waals surface area (Å²) in [6.07, 6.45) is 8.12. The Morgan fingerprint density at radius 1 is 1.32 bits per heavy atom. The number of carbonyl (C=O) groups is 1. The average Bonchev–Trinajstić information content (AvgIpc) is 3.08. The first-order chi connectivity index (χ1) is 12.1. The van der Waals surface area contributed by atoms with E-state index in [0.29, 0.717) is 23.9 Å². The molecule has 3 N–H and O–H groups in total. The maximum absolute atomic E-state index is 14.9. The van der Waals surface area contributed by atoms with Gasteiger partial charge < -0.3 is 5.73 Å². The first-order valence-corrected chi connectivity index (χ1v) is 8.46. The van der Waals surface area contributed by atoms with E-state index in [9.17, 15) is 9.18 Å². The van der Waals surface area contributed by atoms with Crippen molar-refractivity contribution in [3.05, 3.63) is 59.8 Å². The van der Waals surface area contributed by atoms with E-state index in [1.807, 2.05) is 6.07 Å². The number of aromatic nitrogens is 3. The Kier molecular flexibility index (Phi) is 3.75. The molecule has 0 spiro atoms. The van der Waals surface area contributed by atoms with Crippen LogP contribution in [0, 0.1) is 5.82 Å². The topological polar surface area (TPSA) is 84.7 Å². The molecule has 3 aromatic rings. The van der Waals surface area contributed by atoms with Gasteiger partial charge in [0.05, 0.1) is 17.1 Å². The summed E-state index contributed by atoms with van der Waals surface area (Å²) in [6, 6.07) is 6.89. The number of halogens is 1. The van der Waals surface area contributed by atoms with Gasteiger partial charge in [-0.05, 0) is 42.2 Å². The molecule has 2 aromatic heterocycles. The Balaban J connectivity index is 1.92. The number of hydrogen-bond acceptors (Lipinski definition) is 3. The fourth-order valence-corrected chi connectivity index (χ4v) is 4.25. The lowest BCUT2D eigenvalue weighted by Crippen LogP contribution is -2.48. The molecule has 1 amide bonds. The van der Waals surface area contributed by atoms with E-state index >= 15 is 0 Å². The number of benzene rings is 1. The molecule has 1 aliphatic carbocycles. The van der Waals surface area contributed by atoms with Crippen molar-refractivity contribution < 1.29 is 9.18 Å². The van der Waals surface area contributed by atoms with Gasteiger partial charge in [-0.25, -0.2) is 4.39 Å². The van der Waals surface area contributed by atoms with E-state index in [1.165, 1.54) is 6.07 Å². The van der Waals surface area contributed by atoms with Gasteiger partial charge in [-0.1, -0.05) is 18.9 Å². The highest BCUT2D eigenvalue weighted by Gasteiger charge is 2.48. The summed E-state index contributed by atoms with van der Waals surface area (Å²) in [7, 11) is 0. The molecule has 0 radical (unpaired) electrons. The Bertz CT molecular complexity index is 924. The molecule has 1 aromatic carbocycles. The molecule has 1 fully saturated rings. The summed E-state index contributed by atoms with van der Waals surface area (Å²) in [4.78, 5) is 16.8.